The monoisotopic (exact) mass is 265 g/mol. The van der Waals surface area contributed by atoms with Crippen molar-refractivity contribution in [1.29, 1.82) is 0 Å². The Kier molecular flexibility index (Phi) is 3.11. The summed E-state index contributed by atoms with van der Waals surface area (Å²) in [6.07, 6.45) is -11.4. The molecule has 0 saturated carbocycles. The third-order valence-electron chi connectivity index (χ3n) is 2.28. The van der Waals surface area contributed by atoms with Crippen LogP contribution >= 0.6 is 0 Å². The number of alkyl halides is 6. The molecule has 1 amide bonds. The maximum absolute atomic E-state index is 12.1. The zero-order valence-electron chi connectivity index (χ0n) is 8.56. The van der Waals surface area contributed by atoms with Crippen LogP contribution in [-0.2, 0) is 4.79 Å². The lowest BCUT2D eigenvalue weighted by molar-refractivity contribution is -0.281. The Morgan fingerprint density at radius 1 is 1.18 bits per heavy atom. The van der Waals surface area contributed by atoms with Gasteiger partial charge in [0, 0.05) is 0 Å². The maximum atomic E-state index is 12.1. The second kappa shape index (κ2) is 3.76. The van der Waals surface area contributed by atoms with Gasteiger partial charge in [0.1, 0.15) is 0 Å². The van der Waals surface area contributed by atoms with Crippen molar-refractivity contribution in [2.24, 2.45) is 5.92 Å². The van der Waals surface area contributed by atoms with Gasteiger partial charge in [-0.05, 0) is 6.92 Å². The molecule has 1 aliphatic heterocycles. The molecule has 0 aromatic carbocycles. The summed E-state index contributed by atoms with van der Waals surface area (Å²) in [6.45, 7) is 0.149. The molecular formula is C8H9F6NO2. The molecular weight excluding hydrogens is 256 g/mol. The Hall–Kier alpha value is -0.990. The van der Waals surface area contributed by atoms with Crippen molar-refractivity contribution in [2.45, 2.75) is 24.9 Å². The van der Waals surface area contributed by atoms with E-state index < -0.39 is 42.9 Å². The molecule has 0 unspecified atom stereocenters. The quantitative estimate of drug-likeness (QED) is 0.726. The highest BCUT2D eigenvalue weighted by atomic mass is 19.4. The molecule has 1 N–H and O–H groups in total. The van der Waals surface area contributed by atoms with Crippen LogP contribution in [-0.4, -0.2) is 47.0 Å². The van der Waals surface area contributed by atoms with E-state index in [1.54, 1.807) is 0 Å². The predicted octanol–water partition coefficient (Wildman–Crippen LogP) is 1.32. The van der Waals surface area contributed by atoms with Crippen LogP contribution < -0.4 is 0 Å². The maximum Gasteiger partial charge on any atom is 0.409 e. The molecule has 0 spiro atoms. The number of nitrogens with zero attached hydrogens (tertiary/aromatic N) is 1. The topological polar surface area (TPSA) is 40.5 Å². The lowest BCUT2D eigenvalue weighted by Crippen LogP contribution is -2.65. The Balaban J connectivity index is 2.84. The Labute approximate surface area is 92.0 Å². The van der Waals surface area contributed by atoms with Gasteiger partial charge < -0.3 is 10.0 Å². The van der Waals surface area contributed by atoms with Gasteiger partial charge in [-0.2, -0.15) is 26.3 Å². The normalized spacial score (nSPS) is 20.4. The second-order valence-corrected chi connectivity index (χ2v) is 4.21. The second-order valence-electron chi connectivity index (χ2n) is 4.21. The van der Waals surface area contributed by atoms with Crippen LogP contribution in [0.2, 0.25) is 0 Å². The summed E-state index contributed by atoms with van der Waals surface area (Å²) in [5.74, 6) is -6.09. The van der Waals surface area contributed by atoms with Crippen molar-refractivity contribution < 1.29 is 36.2 Å². The minimum Gasteiger partial charge on any atom is -0.386 e. The average molecular weight is 265 g/mol. The van der Waals surface area contributed by atoms with Gasteiger partial charge in [0.05, 0.1) is 18.7 Å². The fourth-order valence-electron chi connectivity index (χ4n) is 1.58. The summed E-state index contributed by atoms with van der Waals surface area (Å²) in [5, 5.41) is 9.16. The van der Waals surface area contributed by atoms with Crippen LogP contribution in [0.5, 0.6) is 0 Å². The van der Waals surface area contributed by atoms with Gasteiger partial charge >= 0.3 is 12.4 Å². The van der Waals surface area contributed by atoms with E-state index in [9.17, 15) is 31.1 Å². The van der Waals surface area contributed by atoms with Crippen LogP contribution in [0.25, 0.3) is 0 Å². The first kappa shape index (κ1) is 14.1. The summed E-state index contributed by atoms with van der Waals surface area (Å²) in [6, 6.07) is 0. The molecule has 17 heavy (non-hydrogen) atoms. The van der Waals surface area contributed by atoms with E-state index in [1.807, 2.05) is 0 Å². The number of hydrogen-bond acceptors (Lipinski definition) is 2. The molecule has 0 atom stereocenters. The van der Waals surface area contributed by atoms with Gasteiger partial charge in [-0.25, -0.2) is 0 Å². The lowest BCUT2D eigenvalue weighted by Gasteiger charge is -2.45. The molecule has 1 fully saturated rings. The molecule has 9 heteroatoms. The molecule has 0 bridgehead atoms. The molecule has 1 heterocycles. The minimum absolute atomic E-state index is 0.339. The van der Waals surface area contributed by atoms with Crippen molar-refractivity contribution in [3.05, 3.63) is 0 Å². The van der Waals surface area contributed by atoms with Crippen molar-refractivity contribution in [3.63, 3.8) is 0 Å². The molecule has 0 aromatic rings. The number of β-amino-alcohol motifs (C(OH)–C–C–N with tert-alkyl or cyclic N) is 1. The number of carbonyl (C=O) groups is 1. The first-order valence-corrected chi connectivity index (χ1v) is 4.49. The number of likely N-dealkylation sites (tertiary alicyclic amines) is 1. The van der Waals surface area contributed by atoms with Gasteiger partial charge in [-0.1, -0.05) is 0 Å². The van der Waals surface area contributed by atoms with Crippen molar-refractivity contribution in [3.8, 4) is 0 Å². The lowest BCUT2D eigenvalue weighted by atomic mass is 9.94. The summed E-state index contributed by atoms with van der Waals surface area (Å²) in [5.41, 5.74) is -1.42. The Bertz CT molecular complexity index is 299. The van der Waals surface area contributed by atoms with E-state index in [2.05, 4.69) is 0 Å². The molecule has 1 rings (SSSR count). The van der Waals surface area contributed by atoms with Crippen molar-refractivity contribution in [2.75, 3.05) is 13.1 Å². The standard InChI is InChI=1S/C8H9F6NO2/c1-6(17)2-15(3-6)5(16)4(7(9,10)11)8(12,13)14/h4,17H,2-3H2,1H3. The van der Waals surface area contributed by atoms with E-state index in [0.29, 0.717) is 4.90 Å². The molecule has 1 aliphatic rings. The summed E-state index contributed by atoms with van der Waals surface area (Å²) in [4.78, 5) is 11.4. The molecule has 0 radical (unpaired) electrons. The van der Waals surface area contributed by atoms with Gasteiger partial charge in [0.2, 0.25) is 11.8 Å². The van der Waals surface area contributed by atoms with Crippen molar-refractivity contribution >= 4 is 5.91 Å². The van der Waals surface area contributed by atoms with E-state index >= 15 is 0 Å². The Morgan fingerprint density at radius 3 is 1.76 bits per heavy atom. The third kappa shape index (κ3) is 3.02. The van der Waals surface area contributed by atoms with Crippen LogP contribution in [0.4, 0.5) is 26.3 Å². The van der Waals surface area contributed by atoms with Crippen LogP contribution in [0.15, 0.2) is 0 Å². The molecule has 1 saturated heterocycles. The highest BCUT2D eigenvalue weighted by Crippen LogP contribution is 2.41. The summed E-state index contributed by atoms with van der Waals surface area (Å²) in [7, 11) is 0. The number of rotatable bonds is 1. The minimum atomic E-state index is -5.68. The molecule has 3 nitrogen and oxygen atoms in total. The Morgan fingerprint density at radius 2 is 1.53 bits per heavy atom. The van der Waals surface area contributed by atoms with Gasteiger partial charge in [0.15, 0.2) is 0 Å². The zero-order chi connectivity index (χ0) is 13.6. The fraction of sp³-hybridized carbons (Fsp3) is 0.875. The van der Waals surface area contributed by atoms with Gasteiger partial charge in [-0.15, -0.1) is 0 Å². The average Bonchev–Trinajstić information content (AvgIpc) is 1.93. The van der Waals surface area contributed by atoms with E-state index in [-0.39, 0.29) is 0 Å². The van der Waals surface area contributed by atoms with Gasteiger partial charge in [0.25, 0.3) is 0 Å². The summed E-state index contributed by atoms with van der Waals surface area (Å²) < 4.78 is 72.9. The fourth-order valence-corrected chi connectivity index (χ4v) is 1.58. The SMILES string of the molecule is CC1(O)CN(C(=O)C(C(F)(F)F)C(F)(F)F)C1. The van der Waals surface area contributed by atoms with Crippen molar-refractivity contribution in [1.82, 2.24) is 4.90 Å². The molecule has 100 valence electrons. The highest BCUT2D eigenvalue weighted by Gasteiger charge is 2.63. The number of aliphatic hydroxyl groups is 1. The smallest absolute Gasteiger partial charge is 0.386 e. The number of hydrogen-bond donors (Lipinski definition) is 1. The number of carbonyl (C=O) groups excluding carboxylic acids is 1. The van der Waals surface area contributed by atoms with Crippen LogP contribution in [0.3, 0.4) is 0 Å². The van der Waals surface area contributed by atoms with E-state index in [0.717, 1.165) is 0 Å². The summed E-state index contributed by atoms with van der Waals surface area (Å²) >= 11 is 0. The first-order chi connectivity index (χ1) is 7.34. The predicted molar refractivity (Wildman–Crippen MR) is 42.8 cm³/mol. The zero-order valence-corrected chi connectivity index (χ0v) is 8.56. The highest BCUT2D eigenvalue weighted by molar-refractivity contribution is 5.81. The largest absolute Gasteiger partial charge is 0.409 e. The first-order valence-electron chi connectivity index (χ1n) is 4.49. The van der Waals surface area contributed by atoms with Crippen LogP contribution in [0.1, 0.15) is 6.92 Å². The van der Waals surface area contributed by atoms with E-state index in [1.165, 1.54) is 6.92 Å². The number of halogens is 6. The van der Waals surface area contributed by atoms with Gasteiger partial charge in [-0.3, -0.25) is 4.79 Å². The molecule has 0 aromatic heterocycles. The number of amides is 1. The molecule has 0 aliphatic carbocycles. The third-order valence-corrected chi connectivity index (χ3v) is 2.28. The van der Waals surface area contributed by atoms with E-state index in [4.69, 9.17) is 5.11 Å². The van der Waals surface area contributed by atoms with Crippen LogP contribution in [0, 0.1) is 5.92 Å².